The van der Waals surface area contributed by atoms with Gasteiger partial charge < -0.3 is 4.74 Å². The van der Waals surface area contributed by atoms with Gasteiger partial charge in [-0.25, -0.2) is 0 Å². The van der Waals surface area contributed by atoms with Crippen LogP contribution in [0.2, 0.25) is 0 Å². The first-order chi connectivity index (χ1) is 9.83. The molecule has 0 saturated carbocycles. The van der Waals surface area contributed by atoms with Gasteiger partial charge in [0, 0.05) is 5.30 Å². The lowest BCUT2D eigenvalue weighted by Crippen LogP contribution is -2.35. The first-order valence-electron chi connectivity index (χ1n) is 8.18. The van der Waals surface area contributed by atoms with Crippen LogP contribution in [-0.2, 0) is 0 Å². The number of para-hydroxylation sites is 1. The summed E-state index contributed by atoms with van der Waals surface area (Å²) >= 11 is 0. The second kappa shape index (κ2) is 5.75. The normalized spacial score (nSPS) is 22.6. The first kappa shape index (κ1) is 18.2. The average Bonchev–Trinajstić information content (AvgIpc) is 2.61. The van der Waals surface area contributed by atoms with Crippen molar-refractivity contribution >= 4 is 21.1 Å². The summed E-state index contributed by atoms with van der Waals surface area (Å²) in [7, 11) is -0.614. The molecule has 1 aromatic rings. The molecule has 124 valence electrons. The van der Waals surface area contributed by atoms with E-state index in [4.69, 9.17) is 4.74 Å². The Morgan fingerprint density at radius 3 is 1.82 bits per heavy atom. The van der Waals surface area contributed by atoms with E-state index in [0.717, 1.165) is 5.75 Å². The zero-order chi connectivity index (χ0) is 16.9. The molecule has 0 fully saturated rings. The van der Waals surface area contributed by atoms with Crippen LogP contribution < -0.4 is 10.0 Å². The molecule has 22 heavy (non-hydrogen) atoms. The lowest BCUT2D eigenvalue weighted by Gasteiger charge is -2.48. The Bertz CT molecular complexity index is 518. The maximum atomic E-state index is 6.62. The number of hydrogen-bond donors (Lipinski definition) is 0. The third kappa shape index (κ3) is 3.52. The van der Waals surface area contributed by atoms with Crippen LogP contribution in [0, 0.1) is 0 Å². The van der Waals surface area contributed by atoms with E-state index in [2.05, 4.69) is 86.6 Å². The van der Waals surface area contributed by atoms with E-state index in [-0.39, 0.29) is 31.3 Å². The predicted octanol–water partition coefficient (Wildman–Crippen LogP) is 6.35. The summed E-state index contributed by atoms with van der Waals surface area (Å²) in [5.41, 5.74) is 0.363. The fourth-order valence-electron chi connectivity index (χ4n) is 3.57. The smallest absolute Gasteiger partial charge is 0.140 e. The zero-order valence-corrected chi connectivity index (χ0v) is 17.5. The standard InChI is InChI=1S/C19H32OP2/c1-17(2,3)21-15-13-11-10-12-14(15)20-16(21)22(18(4,5)6)19(7,8)9/h10-13,16H,1-9H3/t16-,21?/m1/s1. The van der Waals surface area contributed by atoms with Crippen LogP contribution in [0.15, 0.2) is 24.3 Å². The van der Waals surface area contributed by atoms with Crippen molar-refractivity contribution in [1.29, 1.82) is 0 Å². The zero-order valence-electron chi connectivity index (χ0n) is 15.7. The van der Waals surface area contributed by atoms with E-state index in [1.807, 2.05) is 0 Å². The molecular weight excluding hydrogens is 306 g/mol. The minimum atomic E-state index is -0.327. The second-order valence-corrected chi connectivity index (χ2v) is 16.5. The van der Waals surface area contributed by atoms with Gasteiger partial charge in [-0.05, 0) is 37.4 Å². The number of benzene rings is 1. The van der Waals surface area contributed by atoms with Crippen molar-refractivity contribution in [3.05, 3.63) is 24.3 Å². The number of fused-ring (bicyclic) bond motifs is 1. The predicted molar refractivity (Wildman–Crippen MR) is 104 cm³/mol. The highest BCUT2D eigenvalue weighted by atomic mass is 31.2. The largest absolute Gasteiger partial charge is 0.481 e. The SMILES string of the molecule is CC(C)(C)P1c2ccccc2O[C@H]1P(C(C)(C)C)C(C)(C)C. The molecule has 0 aromatic heterocycles. The molecule has 0 amide bonds. The van der Waals surface area contributed by atoms with Gasteiger partial charge in [-0.2, -0.15) is 0 Å². The van der Waals surface area contributed by atoms with Gasteiger partial charge in [0.05, 0.1) is 0 Å². The summed E-state index contributed by atoms with van der Waals surface area (Å²) in [6.07, 6.45) is 0. The molecule has 1 nitrogen and oxygen atoms in total. The summed E-state index contributed by atoms with van der Waals surface area (Å²) in [5.74, 6) is 1.13. The minimum absolute atomic E-state index is 0.268. The number of rotatable bonds is 1. The Morgan fingerprint density at radius 1 is 0.864 bits per heavy atom. The lowest BCUT2D eigenvalue weighted by molar-refractivity contribution is 0.359. The molecule has 3 heteroatoms. The van der Waals surface area contributed by atoms with Crippen LogP contribution in [0.5, 0.6) is 5.75 Å². The quantitative estimate of drug-likeness (QED) is 0.542. The van der Waals surface area contributed by atoms with Crippen LogP contribution >= 0.6 is 15.8 Å². The van der Waals surface area contributed by atoms with Crippen molar-refractivity contribution < 1.29 is 4.74 Å². The van der Waals surface area contributed by atoms with Gasteiger partial charge in [0.1, 0.15) is 11.3 Å². The third-order valence-corrected chi connectivity index (χ3v) is 11.7. The fraction of sp³-hybridized carbons (Fsp3) is 0.684. The van der Waals surface area contributed by atoms with E-state index in [1.54, 1.807) is 0 Å². The topological polar surface area (TPSA) is 9.23 Å². The monoisotopic (exact) mass is 338 g/mol. The molecule has 0 spiro atoms. The molecule has 0 bridgehead atoms. The van der Waals surface area contributed by atoms with Gasteiger partial charge in [0.15, 0.2) is 0 Å². The van der Waals surface area contributed by atoms with E-state index in [0.29, 0.717) is 5.59 Å². The van der Waals surface area contributed by atoms with Crippen molar-refractivity contribution in [1.82, 2.24) is 0 Å². The van der Waals surface area contributed by atoms with E-state index in [9.17, 15) is 0 Å². The molecule has 1 unspecified atom stereocenters. The molecule has 0 saturated heterocycles. The second-order valence-electron chi connectivity index (χ2n) is 9.16. The van der Waals surface area contributed by atoms with Crippen LogP contribution in [0.3, 0.4) is 0 Å². The summed E-state index contributed by atoms with van der Waals surface area (Å²) in [5, 5.41) is 2.30. The van der Waals surface area contributed by atoms with E-state index in [1.165, 1.54) is 5.30 Å². The highest BCUT2D eigenvalue weighted by Crippen LogP contribution is 2.75. The Balaban J connectivity index is 2.55. The van der Waals surface area contributed by atoms with Crippen LogP contribution in [-0.4, -0.2) is 21.1 Å². The Labute approximate surface area is 139 Å². The van der Waals surface area contributed by atoms with Gasteiger partial charge in [-0.1, -0.05) is 80.5 Å². The van der Waals surface area contributed by atoms with Crippen LogP contribution in [0.1, 0.15) is 62.3 Å². The van der Waals surface area contributed by atoms with Crippen molar-refractivity contribution in [2.24, 2.45) is 0 Å². The molecule has 0 N–H and O–H groups in total. The first-order valence-corrected chi connectivity index (χ1v) is 11.0. The molecule has 2 rings (SSSR count). The summed E-state index contributed by atoms with van der Waals surface area (Å²) < 4.78 is 6.62. The fourth-order valence-corrected chi connectivity index (χ4v) is 14.0. The van der Waals surface area contributed by atoms with Crippen molar-refractivity contribution in [3.8, 4) is 5.75 Å². The van der Waals surface area contributed by atoms with Crippen LogP contribution in [0.4, 0.5) is 0 Å². The van der Waals surface area contributed by atoms with Gasteiger partial charge >= 0.3 is 0 Å². The van der Waals surface area contributed by atoms with Gasteiger partial charge in [0.2, 0.25) is 0 Å². The van der Waals surface area contributed by atoms with Gasteiger partial charge in [0.25, 0.3) is 0 Å². The minimum Gasteiger partial charge on any atom is -0.481 e. The molecule has 0 radical (unpaired) electrons. The van der Waals surface area contributed by atoms with Gasteiger partial charge in [-0.15, -0.1) is 0 Å². The molecule has 0 aliphatic carbocycles. The Hall–Kier alpha value is -0.120. The molecule has 1 heterocycles. The summed E-state index contributed by atoms with van der Waals surface area (Å²) in [6.45, 7) is 21.5. The van der Waals surface area contributed by atoms with Gasteiger partial charge in [-0.3, -0.25) is 0 Å². The van der Waals surface area contributed by atoms with E-state index >= 15 is 0 Å². The lowest BCUT2D eigenvalue weighted by atomic mass is 10.2. The number of ether oxygens (including phenoxy) is 1. The van der Waals surface area contributed by atoms with E-state index < -0.39 is 0 Å². The maximum Gasteiger partial charge on any atom is 0.140 e. The van der Waals surface area contributed by atoms with Crippen molar-refractivity contribution in [2.45, 2.75) is 83.4 Å². The summed E-state index contributed by atoms with van der Waals surface area (Å²) in [4.78, 5) is 0. The highest BCUT2D eigenvalue weighted by Gasteiger charge is 2.51. The third-order valence-electron chi connectivity index (χ3n) is 3.97. The maximum absolute atomic E-state index is 6.62. The van der Waals surface area contributed by atoms with Crippen LogP contribution in [0.25, 0.3) is 0 Å². The summed E-state index contributed by atoms with van der Waals surface area (Å²) in [6, 6.07) is 8.73. The average molecular weight is 338 g/mol. The number of hydrogen-bond acceptors (Lipinski definition) is 1. The Kier molecular flexibility index (Phi) is 4.76. The molecule has 1 aliphatic rings. The Morgan fingerprint density at radius 2 is 1.36 bits per heavy atom. The van der Waals surface area contributed by atoms with Crippen molar-refractivity contribution in [2.75, 3.05) is 0 Å². The molecular formula is C19H32OP2. The molecule has 1 aliphatic heterocycles. The van der Waals surface area contributed by atoms with Crippen molar-refractivity contribution in [3.63, 3.8) is 0 Å². The molecule has 1 aromatic carbocycles. The molecule has 2 atom stereocenters. The highest BCUT2D eigenvalue weighted by molar-refractivity contribution is 7.82.